The molecule has 45 heavy (non-hydrogen) atoms. The Morgan fingerprint density at radius 2 is 1.31 bits per heavy atom. The Morgan fingerprint density at radius 1 is 0.733 bits per heavy atom. The fourth-order valence-electron chi connectivity index (χ4n) is 5.03. The maximum atomic E-state index is 15.2. The van der Waals surface area contributed by atoms with Crippen LogP contribution < -0.4 is 4.74 Å². The Labute approximate surface area is 245 Å². The molecule has 0 radical (unpaired) electrons. The summed E-state index contributed by atoms with van der Waals surface area (Å²) >= 11 is 0. The zero-order chi connectivity index (χ0) is 33.2. The molecule has 0 aliphatic carbocycles. The van der Waals surface area contributed by atoms with Gasteiger partial charge in [-0.3, -0.25) is 0 Å². The van der Waals surface area contributed by atoms with Gasteiger partial charge in [-0.15, -0.1) is 13.2 Å². The van der Waals surface area contributed by atoms with Crippen LogP contribution >= 0.6 is 0 Å². The van der Waals surface area contributed by atoms with Crippen LogP contribution in [0.3, 0.4) is 0 Å². The largest absolute Gasteiger partial charge is 0.527 e. The van der Waals surface area contributed by atoms with Gasteiger partial charge < -0.3 is 18.9 Å². The van der Waals surface area contributed by atoms with Crippen LogP contribution in [0.25, 0.3) is 11.1 Å². The summed E-state index contributed by atoms with van der Waals surface area (Å²) < 4.78 is 191. The maximum absolute atomic E-state index is 15.2. The van der Waals surface area contributed by atoms with Gasteiger partial charge >= 0.3 is 24.6 Å². The molecule has 3 aromatic rings. The fourth-order valence-corrected chi connectivity index (χ4v) is 5.03. The van der Waals surface area contributed by atoms with Crippen LogP contribution in [0.5, 0.6) is 5.75 Å². The van der Waals surface area contributed by atoms with E-state index in [1.807, 2.05) is 6.92 Å². The number of benzene rings is 3. The lowest BCUT2D eigenvalue weighted by atomic mass is 9.99. The van der Waals surface area contributed by atoms with E-state index in [0.717, 1.165) is 0 Å². The van der Waals surface area contributed by atoms with E-state index in [1.54, 1.807) is 0 Å². The first-order valence-electron chi connectivity index (χ1n) is 12.8. The summed E-state index contributed by atoms with van der Waals surface area (Å²) in [4.78, 5) is 0. The summed E-state index contributed by atoms with van der Waals surface area (Å²) in [5, 5.41) is 0. The standard InChI is InChI=1S/C28H18F12O5/c1-2-5-24-11-41-27(44-24,42-12-24)14-8-18(30)22(19(31)9-14)13-6-20(32)23(21(33)7-13)26(36,37)43-15-3-4-16(17(29)10-15)25(34,35)45-28(38,39)40/h3-4,6-10H,2,5,11-12H2,1H3. The maximum Gasteiger partial charge on any atom is 0.527 e. The summed E-state index contributed by atoms with van der Waals surface area (Å²) in [7, 11) is 0. The summed E-state index contributed by atoms with van der Waals surface area (Å²) in [6.45, 7) is 2.00. The lowest BCUT2D eigenvalue weighted by Crippen LogP contribution is -2.35. The highest BCUT2D eigenvalue weighted by atomic mass is 19.4. The minimum Gasteiger partial charge on any atom is -0.429 e. The molecule has 0 unspecified atom stereocenters. The number of fused-ring (bicyclic) bond motifs is 2. The first-order chi connectivity index (χ1) is 20.8. The molecule has 244 valence electrons. The second kappa shape index (κ2) is 11.1. The Balaban J connectivity index is 1.41. The van der Waals surface area contributed by atoms with E-state index in [-0.39, 0.29) is 49.1 Å². The number of hydrogen-bond acceptors (Lipinski definition) is 5. The average molecular weight is 662 g/mol. The second-order valence-electron chi connectivity index (χ2n) is 10.1. The van der Waals surface area contributed by atoms with Crippen molar-refractivity contribution in [2.24, 2.45) is 0 Å². The zero-order valence-electron chi connectivity index (χ0n) is 22.4. The fraction of sp³-hybridized carbons (Fsp3) is 0.357. The predicted molar refractivity (Wildman–Crippen MR) is 126 cm³/mol. The van der Waals surface area contributed by atoms with Crippen LogP contribution in [0.15, 0.2) is 42.5 Å². The molecule has 3 aromatic carbocycles. The number of ether oxygens (including phenoxy) is 5. The van der Waals surface area contributed by atoms with Crippen molar-refractivity contribution in [1.82, 2.24) is 0 Å². The topological polar surface area (TPSA) is 46.2 Å². The van der Waals surface area contributed by atoms with E-state index in [2.05, 4.69) is 9.47 Å². The summed E-state index contributed by atoms with van der Waals surface area (Å²) in [6.07, 6.45) is -15.0. The minimum atomic E-state index is -5.91. The third kappa shape index (κ3) is 6.17. The average Bonchev–Trinajstić information content (AvgIpc) is 3.43. The molecule has 17 heteroatoms. The molecule has 0 amide bonds. The zero-order valence-corrected chi connectivity index (χ0v) is 22.4. The molecule has 2 aliphatic rings. The van der Waals surface area contributed by atoms with Crippen molar-refractivity contribution in [3.05, 3.63) is 88.2 Å². The quantitative estimate of drug-likeness (QED) is 0.215. The SMILES string of the molecule is CCCC12COC(c3cc(F)c(-c4cc(F)c(C(F)(F)Oc5ccc(C(F)(F)OC(F)(F)F)c(F)c5)c(F)c4)c(F)c3)(OC1)O2. The van der Waals surface area contributed by atoms with Crippen molar-refractivity contribution in [3.8, 4) is 16.9 Å². The highest BCUT2D eigenvalue weighted by Gasteiger charge is 2.60. The third-order valence-corrected chi connectivity index (χ3v) is 6.87. The van der Waals surface area contributed by atoms with Gasteiger partial charge in [0.05, 0.1) is 24.3 Å². The van der Waals surface area contributed by atoms with Gasteiger partial charge in [-0.1, -0.05) is 13.3 Å². The van der Waals surface area contributed by atoms with E-state index >= 15 is 8.78 Å². The number of halogens is 12. The monoisotopic (exact) mass is 662 g/mol. The predicted octanol–water partition coefficient (Wildman–Crippen LogP) is 8.49. The lowest BCUT2D eigenvalue weighted by Gasteiger charge is -2.25. The molecule has 0 aromatic heterocycles. The highest BCUT2D eigenvalue weighted by molar-refractivity contribution is 5.66. The van der Waals surface area contributed by atoms with Crippen molar-refractivity contribution in [1.29, 1.82) is 0 Å². The molecule has 2 saturated heterocycles. The van der Waals surface area contributed by atoms with Crippen molar-refractivity contribution in [3.63, 3.8) is 0 Å². The van der Waals surface area contributed by atoms with E-state index < -0.39 is 87.2 Å². The molecule has 0 N–H and O–H groups in total. The molecule has 0 saturated carbocycles. The van der Waals surface area contributed by atoms with Crippen LogP contribution in [0, 0.1) is 29.1 Å². The van der Waals surface area contributed by atoms with Crippen LogP contribution in [0.4, 0.5) is 52.7 Å². The van der Waals surface area contributed by atoms with Crippen molar-refractivity contribution in [2.75, 3.05) is 13.2 Å². The molecule has 2 heterocycles. The van der Waals surface area contributed by atoms with Crippen molar-refractivity contribution in [2.45, 2.75) is 49.9 Å². The van der Waals surface area contributed by atoms with Gasteiger partial charge in [0, 0.05) is 11.6 Å². The Morgan fingerprint density at radius 3 is 1.82 bits per heavy atom. The van der Waals surface area contributed by atoms with Gasteiger partial charge in [0.1, 0.15) is 46.0 Å². The van der Waals surface area contributed by atoms with Crippen LogP contribution in [0.1, 0.15) is 36.5 Å². The molecular weight excluding hydrogens is 644 g/mol. The van der Waals surface area contributed by atoms with E-state index in [0.29, 0.717) is 25.0 Å². The molecule has 2 fully saturated rings. The van der Waals surface area contributed by atoms with E-state index in [4.69, 9.17) is 14.2 Å². The normalized spacial score (nSPS) is 21.9. The van der Waals surface area contributed by atoms with Crippen molar-refractivity contribution < 1.29 is 76.4 Å². The van der Waals surface area contributed by atoms with E-state index in [9.17, 15) is 43.9 Å². The van der Waals surface area contributed by atoms with Gasteiger partial charge in [0.25, 0.3) is 0 Å². The molecule has 0 atom stereocenters. The second-order valence-corrected chi connectivity index (χ2v) is 10.1. The molecule has 5 nitrogen and oxygen atoms in total. The van der Waals surface area contributed by atoms with Crippen molar-refractivity contribution >= 4 is 0 Å². The van der Waals surface area contributed by atoms with Gasteiger partial charge in [-0.2, -0.15) is 17.6 Å². The first-order valence-corrected chi connectivity index (χ1v) is 12.8. The molecule has 5 rings (SSSR count). The molecule has 2 bridgehead atoms. The van der Waals surface area contributed by atoms with Gasteiger partial charge in [-0.25, -0.2) is 26.7 Å². The number of rotatable bonds is 9. The number of alkyl halides is 7. The van der Waals surface area contributed by atoms with Gasteiger partial charge in [0.2, 0.25) is 0 Å². The molecule has 2 aliphatic heterocycles. The Bertz CT molecular complexity index is 1570. The van der Waals surface area contributed by atoms with Gasteiger partial charge in [-0.05, 0) is 48.4 Å². The Kier molecular flexibility index (Phi) is 8.07. The highest BCUT2D eigenvalue weighted by Crippen LogP contribution is 2.50. The molecule has 0 spiro atoms. The summed E-state index contributed by atoms with van der Waals surface area (Å²) in [6, 6.07) is 1.60. The van der Waals surface area contributed by atoms with Gasteiger partial charge in [0.15, 0.2) is 0 Å². The summed E-state index contributed by atoms with van der Waals surface area (Å²) in [5.41, 5.74) is -7.13. The lowest BCUT2D eigenvalue weighted by molar-refractivity contribution is -0.432. The third-order valence-electron chi connectivity index (χ3n) is 6.87. The smallest absolute Gasteiger partial charge is 0.429 e. The Hall–Kier alpha value is -3.54. The number of hydrogen-bond donors (Lipinski definition) is 0. The van der Waals surface area contributed by atoms with Crippen LogP contribution in [-0.2, 0) is 37.1 Å². The summed E-state index contributed by atoms with van der Waals surface area (Å²) in [5.74, 6) is -12.5. The van der Waals surface area contributed by atoms with Crippen LogP contribution in [-0.4, -0.2) is 25.2 Å². The first kappa shape index (κ1) is 32.8. The van der Waals surface area contributed by atoms with Crippen LogP contribution in [0.2, 0.25) is 0 Å². The minimum absolute atomic E-state index is 0.0652. The molecular formula is C28H18F12O5. The van der Waals surface area contributed by atoms with E-state index in [1.165, 1.54) is 0 Å².